The van der Waals surface area contributed by atoms with E-state index >= 15 is 0 Å². The van der Waals surface area contributed by atoms with Crippen molar-refractivity contribution in [2.75, 3.05) is 6.54 Å². The smallest absolute Gasteiger partial charge is 0.336 e. The van der Waals surface area contributed by atoms with Crippen molar-refractivity contribution < 1.29 is 14.3 Å². The molecule has 1 unspecified atom stereocenters. The Morgan fingerprint density at radius 2 is 1.80 bits per heavy atom. The first-order valence-electron chi connectivity index (χ1n) is 10.5. The highest BCUT2D eigenvalue weighted by molar-refractivity contribution is 6.30. The molecule has 1 aliphatic heterocycles. The van der Waals surface area contributed by atoms with Gasteiger partial charge in [0.05, 0.1) is 5.57 Å². The topological polar surface area (TPSA) is 46.6 Å². The maximum absolute atomic E-state index is 13.2. The molecule has 4 nitrogen and oxygen atoms in total. The minimum absolute atomic E-state index is 0.0685. The van der Waals surface area contributed by atoms with Gasteiger partial charge >= 0.3 is 5.97 Å². The van der Waals surface area contributed by atoms with Crippen molar-refractivity contribution in [1.82, 2.24) is 4.90 Å². The van der Waals surface area contributed by atoms with Crippen LogP contribution in [0.3, 0.4) is 0 Å². The highest BCUT2D eigenvalue weighted by atomic mass is 35.5. The zero-order valence-corrected chi connectivity index (χ0v) is 17.9. The fourth-order valence-electron chi connectivity index (χ4n) is 4.21. The standard InChI is InChI=1S/C25H26ClNO3/c1-17-24(25(29)30-16-19-6-3-2-4-7-19)22(20-10-12-21(26)13-11-20)14-23(28)27(17)15-18-8-5-9-18/h2-4,6-7,10-13,18,22H,5,8-9,14-16H2,1H3. The van der Waals surface area contributed by atoms with E-state index in [4.69, 9.17) is 16.3 Å². The Balaban J connectivity index is 1.63. The maximum Gasteiger partial charge on any atom is 0.336 e. The molecular weight excluding hydrogens is 398 g/mol. The van der Waals surface area contributed by atoms with E-state index in [1.165, 1.54) is 6.42 Å². The first-order chi connectivity index (χ1) is 14.5. The second kappa shape index (κ2) is 9.05. The van der Waals surface area contributed by atoms with Crippen molar-refractivity contribution in [1.29, 1.82) is 0 Å². The molecule has 0 N–H and O–H groups in total. The molecule has 30 heavy (non-hydrogen) atoms. The number of halogens is 1. The van der Waals surface area contributed by atoms with Gasteiger partial charge in [0, 0.05) is 29.6 Å². The number of rotatable bonds is 6. The molecule has 0 bridgehead atoms. The summed E-state index contributed by atoms with van der Waals surface area (Å²) < 4.78 is 5.68. The van der Waals surface area contributed by atoms with Gasteiger partial charge in [0.2, 0.25) is 5.91 Å². The predicted octanol–water partition coefficient (Wildman–Crippen LogP) is 5.47. The Hall–Kier alpha value is -2.59. The third-order valence-corrected chi connectivity index (χ3v) is 6.45. The summed E-state index contributed by atoms with van der Waals surface area (Å²) in [5.74, 6) is -0.0883. The number of amides is 1. The van der Waals surface area contributed by atoms with Crippen LogP contribution in [0.5, 0.6) is 0 Å². The van der Waals surface area contributed by atoms with E-state index in [0.29, 0.717) is 23.1 Å². The normalized spacial score (nSPS) is 19.6. The van der Waals surface area contributed by atoms with E-state index in [9.17, 15) is 9.59 Å². The van der Waals surface area contributed by atoms with Crippen molar-refractivity contribution in [2.45, 2.75) is 45.1 Å². The number of carbonyl (C=O) groups is 2. The lowest BCUT2D eigenvalue weighted by molar-refractivity contribution is -0.141. The number of esters is 1. The minimum Gasteiger partial charge on any atom is -0.457 e. The van der Waals surface area contributed by atoms with E-state index < -0.39 is 0 Å². The summed E-state index contributed by atoms with van der Waals surface area (Å²) >= 11 is 6.05. The lowest BCUT2D eigenvalue weighted by Crippen LogP contribution is -2.42. The second-order valence-corrected chi connectivity index (χ2v) is 8.61. The van der Waals surface area contributed by atoms with Gasteiger partial charge in [-0.1, -0.05) is 60.5 Å². The lowest BCUT2D eigenvalue weighted by Gasteiger charge is -2.38. The number of carbonyl (C=O) groups excluding carboxylic acids is 2. The highest BCUT2D eigenvalue weighted by Crippen LogP contribution is 2.39. The average Bonchev–Trinajstić information content (AvgIpc) is 2.71. The molecule has 1 fully saturated rings. The van der Waals surface area contributed by atoms with Gasteiger partial charge in [-0.3, -0.25) is 4.79 Å². The molecule has 1 atom stereocenters. The molecule has 1 aliphatic carbocycles. The summed E-state index contributed by atoms with van der Waals surface area (Å²) in [5, 5.41) is 0.626. The van der Waals surface area contributed by atoms with Crippen LogP contribution in [0, 0.1) is 5.92 Å². The van der Waals surface area contributed by atoms with Gasteiger partial charge in [-0.2, -0.15) is 0 Å². The van der Waals surface area contributed by atoms with Crippen LogP contribution in [-0.2, 0) is 20.9 Å². The Kier molecular flexibility index (Phi) is 6.24. The quantitative estimate of drug-likeness (QED) is 0.578. The molecule has 1 saturated carbocycles. The zero-order valence-electron chi connectivity index (χ0n) is 17.1. The van der Waals surface area contributed by atoms with Crippen molar-refractivity contribution >= 4 is 23.5 Å². The summed E-state index contributed by atoms with van der Waals surface area (Å²) in [4.78, 5) is 28.0. The van der Waals surface area contributed by atoms with Gasteiger partial charge in [0.25, 0.3) is 0 Å². The molecule has 0 radical (unpaired) electrons. The molecule has 156 valence electrons. The van der Waals surface area contributed by atoms with E-state index in [1.54, 1.807) is 17.0 Å². The number of hydrogen-bond acceptors (Lipinski definition) is 3. The van der Waals surface area contributed by atoms with Crippen molar-refractivity contribution in [3.63, 3.8) is 0 Å². The first-order valence-corrected chi connectivity index (χ1v) is 10.9. The summed E-state index contributed by atoms with van der Waals surface area (Å²) in [6.45, 7) is 2.77. The van der Waals surface area contributed by atoms with Crippen LogP contribution >= 0.6 is 11.6 Å². The predicted molar refractivity (Wildman–Crippen MR) is 117 cm³/mol. The fraction of sp³-hybridized carbons (Fsp3) is 0.360. The zero-order chi connectivity index (χ0) is 21.1. The number of hydrogen-bond donors (Lipinski definition) is 0. The molecule has 5 heteroatoms. The number of nitrogens with zero attached hydrogens (tertiary/aromatic N) is 1. The van der Waals surface area contributed by atoms with Crippen LogP contribution in [0.2, 0.25) is 5.02 Å². The van der Waals surface area contributed by atoms with E-state index in [1.807, 2.05) is 49.4 Å². The Morgan fingerprint density at radius 3 is 2.43 bits per heavy atom. The summed E-state index contributed by atoms with van der Waals surface area (Å²) in [7, 11) is 0. The third-order valence-electron chi connectivity index (χ3n) is 6.19. The summed E-state index contributed by atoms with van der Waals surface area (Å²) in [6, 6.07) is 17.0. The SMILES string of the molecule is CC1=C(C(=O)OCc2ccccc2)C(c2ccc(Cl)cc2)CC(=O)N1CC1CCC1. The summed E-state index contributed by atoms with van der Waals surface area (Å²) in [6.07, 6.45) is 3.77. The average molecular weight is 424 g/mol. The minimum atomic E-state index is -0.359. The molecule has 0 spiro atoms. The van der Waals surface area contributed by atoms with Gasteiger partial charge in [-0.05, 0) is 48.9 Å². The van der Waals surface area contributed by atoms with Crippen LogP contribution in [0.1, 0.15) is 49.7 Å². The maximum atomic E-state index is 13.2. The highest BCUT2D eigenvalue weighted by Gasteiger charge is 2.38. The molecule has 1 heterocycles. The molecule has 0 aromatic heterocycles. The Morgan fingerprint density at radius 1 is 1.10 bits per heavy atom. The number of benzene rings is 2. The largest absolute Gasteiger partial charge is 0.457 e. The number of allylic oxidation sites excluding steroid dienone is 1. The molecule has 2 aromatic carbocycles. The molecule has 2 aliphatic rings. The van der Waals surface area contributed by atoms with Gasteiger partial charge < -0.3 is 9.64 Å². The summed E-state index contributed by atoms with van der Waals surface area (Å²) in [5.41, 5.74) is 3.13. The van der Waals surface area contributed by atoms with Crippen molar-refractivity contribution in [2.24, 2.45) is 5.92 Å². The molecule has 2 aromatic rings. The van der Waals surface area contributed by atoms with Crippen LogP contribution in [-0.4, -0.2) is 23.3 Å². The fourth-order valence-corrected chi connectivity index (χ4v) is 4.34. The molecular formula is C25H26ClNO3. The van der Waals surface area contributed by atoms with Crippen LogP contribution < -0.4 is 0 Å². The van der Waals surface area contributed by atoms with E-state index in [-0.39, 0.29) is 30.8 Å². The molecule has 0 saturated heterocycles. The first kappa shape index (κ1) is 20.7. The monoisotopic (exact) mass is 423 g/mol. The Bertz CT molecular complexity index is 948. The van der Waals surface area contributed by atoms with Crippen LogP contribution in [0.15, 0.2) is 65.9 Å². The van der Waals surface area contributed by atoms with Crippen LogP contribution in [0.25, 0.3) is 0 Å². The van der Waals surface area contributed by atoms with Gasteiger partial charge in [0.1, 0.15) is 6.61 Å². The van der Waals surface area contributed by atoms with Gasteiger partial charge in [0.15, 0.2) is 0 Å². The van der Waals surface area contributed by atoms with Crippen molar-refractivity contribution in [3.05, 3.63) is 82.0 Å². The van der Waals surface area contributed by atoms with E-state index in [0.717, 1.165) is 29.7 Å². The van der Waals surface area contributed by atoms with Crippen LogP contribution in [0.4, 0.5) is 0 Å². The van der Waals surface area contributed by atoms with Gasteiger partial charge in [-0.25, -0.2) is 4.79 Å². The third kappa shape index (κ3) is 4.44. The molecule has 4 rings (SSSR count). The van der Waals surface area contributed by atoms with E-state index in [2.05, 4.69) is 0 Å². The lowest BCUT2D eigenvalue weighted by atomic mass is 9.81. The van der Waals surface area contributed by atoms with Gasteiger partial charge in [-0.15, -0.1) is 0 Å². The second-order valence-electron chi connectivity index (χ2n) is 8.17. The molecule has 1 amide bonds. The Labute approximate surface area is 182 Å². The number of ether oxygens (including phenoxy) is 1. The van der Waals surface area contributed by atoms with Crippen molar-refractivity contribution in [3.8, 4) is 0 Å².